The van der Waals surface area contributed by atoms with Gasteiger partial charge in [0.05, 0.1) is 39.6 Å². The second kappa shape index (κ2) is 15.9. The van der Waals surface area contributed by atoms with Crippen molar-refractivity contribution in [3.63, 3.8) is 0 Å². The summed E-state index contributed by atoms with van der Waals surface area (Å²) in [5.41, 5.74) is 2.54. The highest BCUT2D eigenvalue weighted by molar-refractivity contribution is 6.61. The summed E-state index contributed by atoms with van der Waals surface area (Å²) in [7, 11) is 2.89. The number of nitrogens with zero attached hydrogens (tertiary/aromatic N) is 1. The van der Waals surface area contributed by atoms with Gasteiger partial charge in [0.1, 0.15) is 11.6 Å². The first-order valence-corrected chi connectivity index (χ1v) is 12.7. The third-order valence-corrected chi connectivity index (χ3v) is 5.71. The minimum Gasteiger partial charge on any atom is -0.498 e. The molecule has 0 aromatic heterocycles. The number of hydrogen-bond acceptors (Lipinski definition) is 9. The first-order chi connectivity index (χ1) is 19.1. The Morgan fingerprint density at radius 2 is 1.60 bits per heavy atom. The number of hydrogen-bond donors (Lipinski definition) is 2. The van der Waals surface area contributed by atoms with Gasteiger partial charge in [-0.2, -0.15) is 0 Å². The number of aryl methyl sites for hydroxylation is 1. The number of halogens is 1. The molecule has 0 atom stereocenters. The van der Waals surface area contributed by atoms with E-state index in [-0.39, 0.29) is 37.3 Å². The Balaban J connectivity index is 0.000000840. The van der Waals surface area contributed by atoms with Crippen LogP contribution in [0.2, 0.25) is 0 Å². The molecule has 2 amide bonds. The zero-order chi connectivity index (χ0) is 29.7. The Morgan fingerprint density at radius 1 is 0.975 bits per heavy atom. The van der Waals surface area contributed by atoms with Gasteiger partial charge >= 0.3 is 17.5 Å². The molecule has 2 N–H and O–H groups in total. The number of carbonyl (C=O) groups is 4. The molecule has 3 rings (SSSR count). The van der Waals surface area contributed by atoms with E-state index in [4.69, 9.17) is 26.5 Å². The number of amidine groups is 1. The van der Waals surface area contributed by atoms with E-state index < -0.39 is 11.5 Å². The summed E-state index contributed by atoms with van der Waals surface area (Å²) in [6.07, 6.45) is 0.147. The maximum atomic E-state index is 13.3. The summed E-state index contributed by atoms with van der Waals surface area (Å²) >= 11 is 4.72. The molecule has 1 aliphatic rings. The lowest BCUT2D eigenvalue weighted by atomic mass is 10.0. The molecule has 0 radical (unpaired) electrons. The van der Waals surface area contributed by atoms with Crippen molar-refractivity contribution in [1.29, 1.82) is 5.41 Å². The fourth-order valence-corrected chi connectivity index (χ4v) is 3.77. The first-order valence-electron chi connectivity index (χ1n) is 12.3. The van der Waals surface area contributed by atoms with Crippen molar-refractivity contribution in [1.82, 2.24) is 5.32 Å². The highest BCUT2D eigenvalue weighted by atomic mass is 35.5. The molecule has 0 unspecified atom stereocenters. The number of methoxy groups -OCH3 is 2. The lowest BCUT2D eigenvalue weighted by molar-refractivity contribution is -0.140. The van der Waals surface area contributed by atoms with Crippen molar-refractivity contribution >= 4 is 52.1 Å². The molecule has 11 nitrogen and oxygen atoms in total. The Labute approximate surface area is 237 Å². The average Bonchev–Trinajstić information content (AvgIpc) is 3.28. The molecule has 12 heteroatoms. The monoisotopic (exact) mass is 573 g/mol. The molecule has 214 valence electrons. The molecule has 1 heterocycles. The van der Waals surface area contributed by atoms with Gasteiger partial charge in [-0.1, -0.05) is 24.3 Å². The van der Waals surface area contributed by atoms with E-state index in [1.165, 1.54) is 14.2 Å². The van der Waals surface area contributed by atoms with E-state index in [0.29, 0.717) is 35.6 Å². The Hall–Kier alpha value is -4.38. The molecule has 2 aromatic carbocycles. The van der Waals surface area contributed by atoms with Crippen LogP contribution in [0.3, 0.4) is 0 Å². The molecule has 0 fully saturated rings. The second-order valence-electron chi connectivity index (χ2n) is 8.10. The topological polar surface area (TPSA) is 144 Å². The van der Waals surface area contributed by atoms with Gasteiger partial charge in [0.2, 0.25) is 0 Å². The third kappa shape index (κ3) is 9.12. The molecule has 0 saturated carbocycles. The van der Waals surface area contributed by atoms with E-state index in [1.54, 1.807) is 43.0 Å². The zero-order valence-electron chi connectivity index (χ0n) is 22.7. The van der Waals surface area contributed by atoms with Crippen molar-refractivity contribution < 1.29 is 38.1 Å². The molecule has 0 saturated heterocycles. The highest BCUT2D eigenvalue weighted by Gasteiger charge is 2.33. The van der Waals surface area contributed by atoms with Crippen LogP contribution in [0.15, 0.2) is 54.3 Å². The van der Waals surface area contributed by atoms with Crippen LogP contribution in [-0.4, -0.2) is 63.2 Å². The quantitative estimate of drug-likeness (QED) is 0.145. The van der Waals surface area contributed by atoms with Crippen molar-refractivity contribution in [2.75, 3.05) is 38.9 Å². The van der Waals surface area contributed by atoms with Gasteiger partial charge in [0.15, 0.2) is 0 Å². The first kappa shape index (κ1) is 31.8. The van der Waals surface area contributed by atoms with E-state index in [9.17, 15) is 19.2 Å². The standard InChI is InChI=1S/C25H27N3O6.C3H5ClO2/c1-4-34-25(31)27-23(26)18-10-12-19(13-11-18)28-15-20(32-2)22(24(28)30)17-8-5-16(6-9-17)7-14-21(29)33-3;1-2-6-3(4)5/h5-6,8-13H,4,7,14-15H2,1-3H3,(H2,26,27,31);2H2,1H3. The molecule has 40 heavy (non-hydrogen) atoms. The van der Waals surface area contributed by atoms with Crippen molar-refractivity contribution in [2.45, 2.75) is 26.7 Å². The number of anilines is 1. The highest BCUT2D eigenvalue weighted by Crippen LogP contribution is 2.32. The van der Waals surface area contributed by atoms with Crippen molar-refractivity contribution in [2.24, 2.45) is 0 Å². The van der Waals surface area contributed by atoms with E-state index in [2.05, 4.69) is 14.8 Å². The minimum absolute atomic E-state index is 0.0959. The van der Waals surface area contributed by atoms with E-state index in [0.717, 1.165) is 11.1 Å². The lowest BCUT2D eigenvalue weighted by Crippen LogP contribution is -2.31. The molecule has 0 aliphatic carbocycles. The number of carbonyl (C=O) groups excluding carboxylic acids is 4. The number of esters is 1. The molecular formula is C28H32ClN3O8. The molecule has 0 spiro atoms. The molecule has 0 bridgehead atoms. The smallest absolute Gasteiger partial charge is 0.412 e. The second-order valence-corrected chi connectivity index (χ2v) is 8.41. The number of alkyl carbamates (subject to hydrolysis) is 1. The summed E-state index contributed by atoms with van der Waals surface area (Å²) in [6, 6.07) is 14.2. The summed E-state index contributed by atoms with van der Waals surface area (Å²) < 4.78 is 19.1. The zero-order valence-corrected chi connectivity index (χ0v) is 23.5. The Bertz CT molecular complexity index is 1240. The van der Waals surface area contributed by atoms with Crippen LogP contribution in [0.25, 0.3) is 5.57 Å². The maximum absolute atomic E-state index is 13.3. The van der Waals surface area contributed by atoms with Crippen LogP contribution in [0, 0.1) is 5.41 Å². The summed E-state index contributed by atoms with van der Waals surface area (Å²) in [6.45, 7) is 4.21. The van der Waals surface area contributed by atoms with E-state index >= 15 is 0 Å². The van der Waals surface area contributed by atoms with Crippen molar-refractivity contribution in [3.05, 3.63) is 71.0 Å². The Morgan fingerprint density at radius 3 is 2.10 bits per heavy atom. The van der Waals surface area contributed by atoms with Gasteiger partial charge in [0, 0.05) is 29.3 Å². The van der Waals surface area contributed by atoms with Gasteiger partial charge in [-0.05, 0) is 55.7 Å². The van der Waals surface area contributed by atoms with Crippen LogP contribution < -0.4 is 10.2 Å². The average molecular weight is 574 g/mol. The van der Waals surface area contributed by atoms with Gasteiger partial charge in [-0.15, -0.1) is 0 Å². The van der Waals surface area contributed by atoms with Crippen LogP contribution in [0.4, 0.5) is 15.3 Å². The van der Waals surface area contributed by atoms with Crippen LogP contribution in [0.5, 0.6) is 0 Å². The predicted octanol–water partition coefficient (Wildman–Crippen LogP) is 4.65. The fraction of sp³-hybridized carbons (Fsp3) is 0.321. The van der Waals surface area contributed by atoms with Gasteiger partial charge in [-0.25, -0.2) is 9.59 Å². The van der Waals surface area contributed by atoms with Crippen LogP contribution >= 0.6 is 11.6 Å². The summed E-state index contributed by atoms with van der Waals surface area (Å²) in [4.78, 5) is 47.3. The number of rotatable bonds is 9. The number of ether oxygens (including phenoxy) is 4. The van der Waals surface area contributed by atoms with Gasteiger partial charge in [0.25, 0.3) is 5.91 Å². The third-order valence-electron chi connectivity index (χ3n) is 5.60. The van der Waals surface area contributed by atoms with E-state index in [1.807, 2.05) is 24.3 Å². The van der Waals surface area contributed by atoms with Crippen LogP contribution in [0.1, 0.15) is 37.0 Å². The summed E-state index contributed by atoms with van der Waals surface area (Å²) in [5, 5.41) is 10.3. The molecule has 1 aliphatic heterocycles. The lowest BCUT2D eigenvalue weighted by Gasteiger charge is -2.17. The minimum atomic E-state index is -0.738. The Kier molecular flexibility index (Phi) is 12.6. The maximum Gasteiger partial charge on any atom is 0.412 e. The largest absolute Gasteiger partial charge is 0.498 e. The number of benzene rings is 2. The fourth-order valence-electron chi connectivity index (χ4n) is 3.66. The van der Waals surface area contributed by atoms with Crippen LogP contribution in [-0.2, 0) is 35.0 Å². The molecule has 2 aromatic rings. The van der Waals surface area contributed by atoms with Gasteiger partial charge in [-0.3, -0.25) is 20.3 Å². The number of nitrogens with one attached hydrogen (secondary N) is 2. The molecular weight excluding hydrogens is 542 g/mol. The summed E-state index contributed by atoms with van der Waals surface area (Å²) in [5.74, 6) is -0.0194. The van der Waals surface area contributed by atoms with Gasteiger partial charge < -0.3 is 23.8 Å². The predicted molar refractivity (Wildman–Crippen MR) is 149 cm³/mol. The normalized spacial score (nSPS) is 12.2. The van der Waals surface area contributed by atoms with Crippen molar-refractivity contribution in [3.8, 4) is 0 Å². The SMILES string of the molecule is CCOC(=O)Cl.CCOC(=O)NC(=N)c1ccc(N2CC(OC)=C(c3ccc(CCC(=O)OC)cc3)C2=O)cc1. The number of amides is 2.